The van der Waals surface area contributed by atoms with Gasteiger partial charge in [-0.2, -0.15) is 0 Å². The molecule has 0 N–H and O–H groups in total. The van der Waals surface area contributed by atoms with Crippen LogP contribution < -0.4 is 0 Å². The maximum absolute atomic E-state index is 11.8. The fraction of sp³-hybridized carbons (Fsp3) is 0.273. The molecule has 1 heterocycles. The monoisotopic (exact) mass is 240 g/mol. The maximum atomic E-state index is 11.8. The first kappa shape index (κ1) is 12.5. The first-order valence-electron chi connectivity index (χ1n) is 4.85. The molecule has 5 heteroatoms. The van der Waals surface area contributed by atoms with E-state index in [0.717, 1.165) is 4.90 Å². The summed E-state index contributed by atoms with van der Waals surface area (Å²) in [6, 6.07) is -0.397. The van der Waals surface area contributed by atoms with Gasteiger partial charge in [0, 0.05) is 18.8 Å². The predicted octanol–water partition coefficient (Wildman–Crippen LogP) is 2.73. The van der Waals surface area contributed by atoms with Gasteiger partial charge in [0.2, 0.25) is 0 Å². The molecule has 0 aromatic rings. The van der Waals surface area contributed by atoms with Crippen molar-refractivity contribution in [2.45, 2.75) is 6.92 Å². The summed E-state index contributed by atoms with van der Waals surface area (Å²) in [5, 5.41) is -0.745. The SMILES string of the molecule is C=C/C=C(\C=C/C)N1CCN(C(=O)Cl)C1=O. The van der Waals surface area contributed by atoms with Crippen molar-refractivity contribution in [3.8, 4) is 0 Å². The first-order valence-corrected chi connectivity index (χ1v) is 5.23. The Labute approximate surface area is 99.5 Å². The van der Waals surface area contributed by atoms with Crippen molar-refractivity contribution in [2.75, 3.05) is 13.1 Å². The van der Waals surface area contributed by atoms with E-state index in [-0.39, 0.29) is 0 Å². The summed E-state index contributed by atoms with van der Waals surface area (Å²) >= 11 is 5.28. The number of allylic oxidation sites excluding steroid dienone is 4. The first-order chi connectivity index (χ1) is 7.61. The molecule has 0 spiro atoms. The highest BCUT2D eigenvalue weighted by Gasteiger charge is 2.33. The van der Waals surface area contributed by atoms with E-state index in [2.05, 4.69) is 6.58 Å². The third kappa shape index (κ3) is 2.52. The van der Waals surface area contributed by atoms with Gasteiger partial charge in [0.05, 0.1) is 0 Å². The number of halogens is 1. The van der Waals surface area contributed by atoms with Crippen LogP contribution in [0, 0.1) is 0 Å². The molecular formula is C11H13ClN2O2. The Kier molecular flexibility index (Phi) is 4.31. The molecule has 1 fully saturated rings. The van der Waals surface area contributed by atoms with Crippen molar-refractivity contribution >= 4 is 23.0 Å². The van der Waals surface area contributed by atoms with Crippen molar-refractivity contribution in [2.24, 2.45) is 0 Å². The van der Waals surface area contributed by atoms with E-state index in [1.54, 1.807) is 18.2 Å². The number of nitrogens with zero attached hydrogens (tertiary/aromatic N) is 2. The molecule has 1 aliphatic heterocycles. The molecule has 1 saturated heterocycles. The summed E-state index contributed by atoms with van der Waals surface area (Å²) in [6.07, 6.45) is 6.89. The number of imide groups is 1. The lowest BCUT2D eigenvalue weighted by molar-refractivity contribution is 0.201. The van der Waals surface area contributed by atoms with Crippen LogP contribution in [0.15, 0.2) is 36.6 Å². The van der Waals surface area contributed by atoms with Crippen molar-refractivity contribution in [1.29, 1.82) is 0 Å². The zero-order valence-corrected chi connectivity index (χ0v) is 9.78. The fourth-order valence-corrected chi connectivity index (χ4v) is 1.62. The van der Waals surface area contributed by atoms with E-state index in [1.807, 2.05) is 13.0 Å². The topological polar surface area (TPSA) is 40.6 Å². The Morgan fingerprint density at radius 1 is 1.44 bits per heavy atom. The molecule has 4 nitrogen and oxygen atoms in total. The molecule has 0 bridgehead atoms. The molecule has 16 heavy (non-hydrogen) atoms. The molecular weight excluding hydrogens is 228 g/mol. The molecule has 0 aromatic heterocycles. The fourth-order valence-electron chi connectivity index (χ4n) is 1.47. The summed E-state index contributed by atoms with van der Waals surface area (Å²) in [4.78, 5) is 25.2. The number of amides is 3. The second-order valence-corrected chi connectivity index (χ2v) is 3.49. The van der Waals surface area contributed by atoms with E-state index >= 15 is 0 Å². The summed E-state index contributed by atoms with van der Waals surface area (Å²) < 4.78 is 0. The Balaban J connectivity index is 2.90. The zero-order valence-electron chi connectivity index (χ0n) is 9.02. The van der Waals surface area contributed by atoms with Crippen LogP contribution in [-0.2, 0) is 0 Å². The van der Waals surface area contributed by atoms with Crippen LogP contribution in [0.2, 0.25) is 0 Å². The minimum absolute atomic E-state index is 0.313. The van der Waals surface area contributed by atoms with E-state index in [4.69, 9.17) is 11.6 Å². The quantitative estimate of drug-likeness (QED) is 0.432. The predicted molar refractivity (Wildman–Crippen MR) is 63.2 cm³/mol. The standard InChI is InChI=1S/C11H13ClN2O2/c1-3-5-9(6-4-2)13-7-8-14(10(12)15)11(13)16/h3-6H,1,7-8H2,2H3/b6-4-,9-5+. The van der Waals surface area contributed by atoms with Gasteiger partial charge in [0.25, 0.3) is 0 Å². The second-order valence-electron chi connectivity index (χ2n) is 3.17. The summed E-state index contributed by atoms with van der Waals surface area (Å²) in [5.41, 5.74) is 0.697. The van der Waals surface area contributed by atoms with Gasteiger partial charge in [0.15, 0.2) is 0 Å². The van der Waals surface area contributed by atoms with Crippen molar-refractivity contribution in [1.82, 2.24) is 9.80 Å². The molecule has 0 saturated carbocycles. The number of carbonyl (C=O) groups excluding carboxylic acids is 2. The molecule has 86 valence electrons. The van der Waals surface area contributed by atoms with Crippen molar-refractivity contribution in [3.63, 3.8) is 0 Å². The summed E-state index contributed by atoms with van der Waals surface area (Å²) in [6.45, 7) is 6.19. The van der Waals surface area contributed by atoms with Crippen LogP contribution in [0.3, 0.4) is 0 Å². The molecule has 1 rings (SSSR count). The number of rotatable bonds is 3. The smallest absolute Gasteiger partial charge is 0.292 e. The van der Waals surface area contributed by atoms with Gasteiger partial charge in [-0.1, -0.05) is 18.7 Å². The van der Waals surface area contributed by atoms with Crippen molar-refractivity contribution < 1.29 is 9.59 Å². The molecule has 0 aromatic carbocycles. The number of urea groups is 1. The largest absolute Gasteiger partial charge is 0.332 e. The van der Waals surface area contributed by atoms with Gasteiger partial charge in [-0.3, -0.25) is 9.69 Å². The normalized spacial score (nSPS) is 17.4. The van der Waals surface area contributed by atoms with Gasteiger partial charge in [-0.25, -0.2) is 9.69 Å². The van der Waals surface area contributed by atoms with Gasteiger partial charge >= 0.3 is 11.4 Å². The van der Waals surface area contributed by atoms with Crippen LogP contribution in [0.25, 0.3) is 0 Å². The highest BCUT2D eigenvalue weighted by atomic mass is 35.5. The number of hydrogen-bond donors (Lipinski definition) is 0. The summed E-state index contributed by atoms with van der Waals surface area (Å²) in [5.74, 6) is 0. The molecule has 0 unspecified atom stereocenters. The summed E-state index contributed by atoms with van der Waals surface area (Å²) in [7, 11) is 0. The van der Waals surface area contributed by atoms with Gasteiger partial charge in [0.1, 0.15) is 0 Å². The molecule has 1 aliphatic rings. The van der Waals surface area contributed by atoms with Gasteiger partial charge < -0.3 is 0 Å². The van der Waals surface area contributed by atoms with Crippen LogP contribution in [0.5, 0.6) is 0 Å². The van der Waals surface area contributed by atoms with E-state index in [9.17, 15) is 9.59 Å². The lowest BCUT2D eigenvalue weighted by Gasteiger charge is -2.16. The highest BCUT2D eigenvalue weighted by Crippen LogP contribution is 2.17. The zero-order chi connectivity index (χ0) is 12.1. The average Bonchev–Trinajstić information content (AvgIpc) is 2.60. The van der Waals surface area contributed by atoms with E-state index in [1.165, 1.54) is 4.90 Å². The average molecular weight is 241 g/mol. The Bertz CT molecular complexity index is 374. The highest BCUT2D eigenvalue weighted by molar-refractivity contribution is 6.64. The van der Waals surface area contributed by atoms with Crippen LogP contribution >= 0.6 is 11.6 Å². The van der Waals surface area contributed by atoms with Crippen LogP contribution in [0.1, 0.15) is 6.92 Å². The molecule has 0 radical (unpaired) electrons. The lowest BCUT2D eigenvalue weighted by Crippen LogP contribution is -2.32. The van der Waals surface area contributed by atoms with Crippen LogP contribution in [-0.4, -0.2) is 34.3 Å². The Hall–Kier alpha value is -1.55. The third-order valence-corrected chi connectivity index (χ3v) is 2.36. The van der Waals surface area contributed by atoms with E-state index < -0.39 is 11.4 Å². The number of hydrogen-bond acceptors (Lipinski definition) is 2. The second kappa shape index (κ2) is 5.51. The molecule has 0 atom stereocenters. The third-order valence-electron chi connectivity index (χ3n) is 2.16. The minimum atomic E-state index is -0.745. The minimum Gasteiger partial charge on any atom is -0.292 e. The molecule has 3 amide bonds. The van der Waals surface area contributed by atoms with E-state index in [0.29, 0.717) is 18.8 Å². The Morgan fingerprint density at radius 2 is 2.06 bits per heavy atom. The van der Waals surface area contributed by atoms with Crippen LogP contribution in [0.4, 0.5) is 9.59 Å². The maximum Gasteiger partial charge on any atom is 0.332 e. The van der Waals surface area contributed by atoms with Gasteiger partial charge in [-0.15, -0.1) is 0 Å². The number of carbonyl (C=O) groups is 2. The lowest BCUT2D eigenvalue weighted by atomic mass is 10.3. The van der Waals surface area contributed by atoms with Gasteiger partial charge in [-0.05, 0) is 30.7 Å². The molecule has 0 aliphatic carbocycles. The van der Waals surface area contributed by atoms with Crippen molar-refractivity contribution in [3.05, 3.63) is 36.6 Å². The Morgan fingerprint density at radius 3 is 2.50 bits per heavy atom.